The summed E-state index contributed by atoms with van der Waals surface area (Å²) >= 11 is 0. The average molecular weight is 489 g/mol. The van der Waals surface area contributed by atoms with Crippen molar-refractivity contribution in [3.05, 3.63) is 89.2 Å². The highest BCUT2D eigenvalue weighted by atomic mass is 16.5. The van der Waals surface area contributed by atoms with Crippen molar-refractivity contribution in [1.82, 2.24) is 20.0 Å². The summed E-state index contributed by atoms with van der Waals surface area (Å²) in [5.74, 6) is -0.855. The Kier molecular flexibility index (Phi) is 7.95. The number of benzene rings is 2. The van der Waals surface area contributed by atoms with Crippen LogP contribution >= 0.6 is 0 Å². The lowest BCUT2D eigenvalue weighted by molar-refractivity contribution is -0.141. The molecule has 0 aliphatic carbocycles. The number of carbonyl (C=O) groups excluding carboxylic acids is 3. The summed E-state index contributed by atoms with van der Waals surface area (Å²) in [6.45, 7) is 3.56. The molecule has 8 heteroatoms. The SMILES string of the molecule is COCCCN1C(=O)CC(CC(=O)NCc2cnn(Cc3ccccc3)c2)(c2ccccc2C)C1=O. The molecule has 8 nitrogen and oxygen atoms in total. The fourth-order valence-electron chi connectivity index (χ4n) is 4.84. The number of carbonyl (C=O) groups is 3. The number of likely N-dealkylation sites (tertiary alicyclic amines) is 1. The molecule has 0 radical (unpaired) electrons. The van der Waals surface area contributed by atoms with E-state index >= 15 is 0 Å². The van der Waals surface area contributed by atoms with Gasteiger partial charge in [-0.3, -0.25) is 24.0 Å². The van der Waals surface area contributed by atoms with Crippen LogP contribution in [0.3, 0.4) is 0 Å². The zero-order valence-corrected chi connectivity index (χ0v) is 20.8. The van der Waals surface area contributed by atoms with Crippen LogP contribution < -0.4 is 5.32 Å². The van der Waals surface area contributed by atoms with Crippen molar-refractivity contribution < 1.29 is 19.1 Å². The molecule has 0 saturated carbocycles. The van der Waals surface area contributed by atoms with Gasteiger partial charge in [0.2, 0.25) is 17.7 Å². The molecule has 1 atom stereocenters. The molecule has 1 aromatic heterocycles. The van der Waals surface area contributed by atoms with Gasteiger partial charge in [0.15, 0.2) is 0 Å². The molecule has 1 saturated heterocycles. The molecule has 3 amide bonds. The second-order valence-corrected chi connectivity index (χ2v) is 9.26. The van der Waals surface area contributed by atoms with Crippen LogP contribution in [-0.2, 0) is 37.6 Å². The van der Waals surface area contributed by atoms with Gasteiger partial charge in [0.1, 0.15) is 0 Å². The van der Waals surface area contributed by atoms with Gasteiger partial charge in [-0.1, -0.05) is 54.6 Å². The van der Waals surface area contributed by atoms with Crippen LogP contribution in [-0.4, -0.2) is 52.7 Å². The van der Waals surface area contributed by atoms with Gasteiger partial charge in [-0.05, 0) is 30.0 Å². The molecule has 0 bridgehead atoms. The third-order valence-corrected chi connectivity index (χ3v) is 6.63. The van der Waals surface area contributed by atoms with Gasteiger partial charge in [0, 0.05) is 51.4 Å². The second kappa shape index (κ2) is 11.3. The van der Waals surface area contributed by atoms with Gasteiger partial charge in [0.05, 0.1) is 18.2 Å². The molecule has 1 aliphatic heterocycles. The maximum atomic E-state index is 13.6. The fraction of sp³-hybridized carbons (Fsp3) is 0.357. The van der Waals surface area contributed by atoms with Gasteiger partial charge in [0.25, 0.3) is 0 Å². The lowest BCUT2D eigenvalue weighted by atomic mass is 9.74. The molecule has 2 heterocycles. The van der Waals surface area contributed by atoms with E-state index in [1.165, 1.54) is 4.90 Å². The Bertz CT molecular complexity index is 1220. The molecule has 1 fully saturated rings. The molecule has 3 aromatic rings. The molecule has 4 rings (SSSR count). The molecule has 0 spiro atoms. The third-order valence-electron chi connectivity index (χ3n) is 6.63. The van der Waals surface area contributed by atoms with E-state index in [1.807, 2.05) is 72.4 Å². The normalized spacial score (nSPS) is 17.6. The van der Waals surface area contributed by atoms with Crippen LogP contribution in [0, 0.1) is 6.92 Å². The Balaban J connectivity index is 1.47. The van der Waals surface area contributed by atoms with E-state index in [0.717, 1.165) is 22.3 Å². The predicted octanol–water partition coefficient (Wildman–Crippen LogP) is 2.98. The Morgan fingerprint density at radius 3 is 2.58 bits per heavy atom. The van der Waals surface area contributed by atoms with Crippen LogP contribution in [0.25, 0.3) is 0 Å². The largest absolute Gasteiger partial charge is 0.385 e. The molecular weight excluding hydrogens is 456 g/mol. The Labute approximate surface area is 211 Å². The average Bonchev–Trinajstić information content (AvgIpc) is 3.41. The highest BCUT2D eigenvalue weighted by Gasteiger charge is 2.53. The minimum Gasteiger partial charge on any atom is -0.385 e. The Hall–Kier alpha value is -3.78. The summed E-state index contributed by atoms with van der Waals surface area (Å²) < 4.78 is 6.90. The number of aryl methyl sites for hydroxylation is 1. The zero-order chi connectivity index (χ0) is 25.5. The van der Waals surface area contributed by atoms with Crippen LogP contribution in [0.2, 0.25) is 0 Å². The first-order chi connectivity index (χ1) is 17.4. The number of rotatable bonds is 11. The number of amides is 3. The van der Waals surface area contributed by atoms with E-state index in [-0.39, 0.29) is 43.7 Å². The fourth-order valence-corrected chi connectivity index (χ4v) is 4.84. The maximum absolute atomic E-state index is 13.6. The van der Waals surface area contributed by atoms with Crippen molar-refractivity contribution >= 4 is 17.7 Å². The smallest absolute Gasteiger partial charge is 0.240 e. The third kappa shape index (κ3) is 5.54. The molecule has 188 valence electrons. The zero-order valence-electron chi connectivity index (χ0n) is 20.8. The standard InChI is InChI=1S/C28H32N4O4/c1-21-9-6-7-12-24(21)28(16-26(34)32(27(28)35)13-8-14-36-2)15-25(33)29-17-23-18-30-31(20-23)19-22-10-4-3-5-11-22/h3-7,9-12,18,20H,8,13-17,19H2,1-2H3,(H,29,33). The number of imide groups is 1. The number of hydrogen-bond acceptors (Lipinski definition) is 5. The Morgan fingerprint density at radius 1 is 1.08 bits per heavy atom. The summed E-state index contributed by atoms with van der Waals surface area (Å²) in [6.07, 6.45) is 4.05. The van der Waals surface area contributed by atoms with Crippen molar-refractivity contribution in [3.8, 4) is 0 Å². The van der Waals surface area contributed by atoms with E-state index in [2.05, 4.69) is 10.4 Å². The summed E-state index contributed by atoms with van der Waals surface area (Å²) in [4.78, 5) is 41.0. The number of aromatic nitrogens is 2. The first kappa shape index (κ1) is 25.3. The summed E-state index contributed by atoms with van der Waals surface area (Å²) in [6, 6.07) is 17.5. The first-order valence-electron chi connectivity index (χ1n) is 12.1. The van der Waals surface area contributed by atoms with E-state index in [0.29, 0.717) is 19.6 Å². The minimum atomic E-state index is -1.21. The van der Waals surface area contributed by atoms with Crippen molar-refractivity contribution in [3.63, 3.8) is 0 Å². The Morgan fingerprint density at radius 2 is 1.83 bits per heavy atom. The first-order valence-corrected chi connectivity index (χ1v) is 12.1. The van der Waals surface area contributed by atoms with Crippen molar-refractivity contribution in [2.45, 2.75) is 44.7 Å². The molecule has 1 N–H and O–H groups in total. The van der Waals surface area contributed by atoms with Gasteiger partial charge < -0.3 is 10.1 Å². The number of nitrogens with one attached hydrogen (secondary N) is 1. The quantitative estimate of drug-likeness (QED) is 0.331. The molecule has 1 aliphatic rings. The molecular formula is C28H32N4O4. The van der Waals surface area contributed by atoms with Crippen molar-refractivity contribution in [1.29, 1.82) is 0 Å². The van der Waals surface area contributed by atoms with Crippen LogP contribution in [0.5, 0.6) is 0 Å². The lowest BCUT2D eigenvalue weighted by Crippen LogP contribution is -2.43. The van der Waals surface area contributed by atoms with Crippen molar-refractivity contribution in [2.24, 2.45) is 0 Å². The topological polar surface area (TPSA) is 93.5 Å². The van der Waals surface area contributed by atoms with Gasteiger partial charge in [-0.25, -0.2) is 0 Å². The van der Waals surface area contributed by atoms with E-state index in [4.69, 9.17) is 4.74 Å². The second-order valence-electron chi connectivity index (χ2n) is 9.26. The monoisotopic (exact) mass is 488 g/mol. The van der Waals surface area contributed by atoms with Crippen LogP contribution in [0.15, 0.2) is 67.0 Å². The number of nitrogens with zero attached hydrogens (tertiary/aromatic N) is 3. The molecule has 1 unspecified atom stereocenters. The van der Waals surface area contributed by atoms with E-state index < -0.39 is 5.41 Å². The summed E-state index contributed by atoms with van der Waals surface area (Å²) in [5, 5.41) is 7.31. The van der Waals surface area contributed by atoms with Gasteiger partial charge in [-0.15, -0.1) is 0 Å². The molecule has 36 heavy (non-hydrogen) atoms. The van der Waals surface area contributed by atoms with E-state index in [9.17, 15) is 14.4 Å². The lowest BCUT2D eigenvalue weighted by Gasteiger charge is -2.28. The highest BCUT2D eigenvalue weighted by molar-refractivity contribution is 6.10. The van der Waals surface area contributed by atoms with Crippen LogP contribution in [0.1, 0.15) is 41.5 Å². The van der Waals surface area contributed by atoms with Gasteiger partial charge in [-0.2, -0.15) is 5.10 Å². The van der Waals surface area contributed by atoms with Crippen LogP contribution in [0.4, 0.5) is 0 Å². The minimum absolute atomic E-state index is 0.0217. The predicted molar refractivity (Wildman–Crippen MR) is 135 cm³/mol. The highest BCUT2D eigenvalue weighted by Crippen LogP contribution is 2.41. The maximum Gasteiger partial charge on any atom is 0.240 e. The number of hydrogen-bond donors (Lipinski definition) is 1. The summed E-state index contributed by atoms with van der Waals surface area (Å²) in [5.41, 5.74) is 2.39. The summed E-state index contributed by atoms with van der Waals surface area (Å²) in [7, 11) is 1.58. The van der Waals surface area contributed by atoms with Crippen molar-refractivity contribution in [2.75, 3.05) is 20.3 Å². The van der Waals surface area contributed by atoms with Gasteiger partial charge >= 0.3 is 0 Å². The van der Waals surface area contributed by atoms with E-state index in [1.54, 1.807) is 13.3 Å². The number of ether oxygens (including phenoxy) is 1. The molecule has 2 aromatic carbocycles. The number of methoxy groups -OCH3 is 1.